The van der Waals surface area contributed by atoms with Crippen LogP contribution in [0.25, 0.3) is 0 Å². The molecule has 0 unspecified atom stereocenters. The summed E-state index contributed by atoms with van der Waals surface area (Å²) in [5, 5.41) is 5.68. The molecule has 0 atom stereocenters. The van der Waals surface area contributed by atoms with Crippen LogP contribution in [0.4, 0.5) is 36.6 Å². The number of benzene rings is 2. The van der Waals surface area contributed by atoms with Gasteiger partial charge in [0.2, 0.25) is 11.8 Å². The van der Waals surface area contributed by atoms with E-state index in [9.17, 15) is 45.5 Å². The number of anilines is 2. The number of nitrogens with one attached hydrogen (secondary N) is 2. The van der Waals surface area contributed by atoms with E-state index < -0.39 is 47.1 Å². The molecule has 292 valence electrons. The van der Waals surface area contributed by atoms with Gasteiger partial charge < -0.3 is 10.6 Å². The van der Waals surface area contributed by atoms with Gasteiger partial charge >= 0.3 is 12.4 Å². The Hall–Kier alpha value is -4.22. The number of carbonyl (C=O) groups is 4. The summed E-state index contributed by atoms with van der Waals surface area (Å²) in [5.74, 6) is -2.16. The molecule has 4 amide bonds. The van der Waals surface area contributed by atoms with Gasteiger partial charge in [0.15, 0.2) is 10.3 Å². The summed E-state index contributed by atoms with van der Waals surface area (Å²) in [4.78, 5) is 64.1. The van der Waals surface area contributed by atoms with Gasteiger partial charge in [-0.1, -0.05) is 84.4 Å². The number of thiazole rings is 2. The molecule has 4 aromatic rings. The Morgan fingerprint density at radius 3 is 1.43 bits per heavy atom. The van der Waals surface area contributed by atoms with Crippen molar-refractivity contribution in [2.75, 3.05) is 23.7 Å². The fourth-order valence-corrected chi connectivity index (χ4v) is 9.75. The molecule has 2 saturated heterocycles. The molecule has 2 aliphatic rings. The van der Waals surface area contributed by atoms with Gasteiger partial charge in [0.1, 0.15) is 8.64 Å². The average molecular weight is 887 g/mol. The van der Waals surface area contributed by atoms with E-state index in [0.29, 0.717) is 20.9 Å². The van der Waals surface area contributed by atoms with Gasteiger partial charge in [-0.05, 0) is 23.3 Å². The second kappa shape index (κ2) is 17.1. The van der Waals surface area contributed by atoms with Crippen molar-refractivity contribution >= 4 is 113 Å². The number of amides is 4. The number of hydrogen-bond donors (Lipinski definition) is 2. The van der Waals surface area contributed by atoms with Crippen LogP contribution in [0.15, 0.2) is 70.7 Å². The van der Waals surface area contributed by atoms with Gasteiger partial charge in [0.25, 0.3) is 11.8 Å². The molecule has 10 nitrogen and oxygen atoms in total. The van der Waals surface area contributed by atoms with E-state index in [1.54, 1.807) is 12.1 Å². The van der Waals surface area contributed by atoms with E-state index in [-0.39, 0.29) is 67.5 Å². The minimum atomic E-state index is -4.47. The molecule has 6 rings (SSSR count). The van der Waals surface area contributed by atoms with E-state index in [1.807, 2.05) is 0 Å². The lowest BCUT2D eigenvalue weighted by Gasteiger charge is -2.14. The molecule has 22 heteroatoms. The number of halogens is 6. The first-order valence-electron chi connectivity index (χ1n) is 16.1. The summed E-state index contributed by atoms with van der Waals surface area (Å²) in [5.41, 5.74) is -0.671. The van der Waals surface area contributed by atoms with Crippen molar-refractivity contribution in [1.29, 1.82) is 0 Å². The van der Waals surface area contributed by atoms with E-state index in [4.69, 9.17) is 24.4 Å². The number of rotatable bonds is 12. The Balaban J connectivity index is 0.978. The van der Waals surface area contributed by atoms with Gasteiger partial charge in [-0.3, -0.25) is 29.0 Å². The third-order valence-corrected chi connectivity index (χ3v) is 12.7. The van der Waals surface area contributed by atoms with E-state index in [2.05, 4.69) is 20.6 Å². The first-order chi connectivity index (χ1) is 26.4. The maximum Gasteiger partial charge on any atom is 0.416 e. The second-order valence-corrected chi connectivity index (χ2v) is 17.4. The highest BCUT2D eigenvalue weighted by Crippen LogP contribution is 2.42. The molecule has 56 heavy (non-hydrogen) atoms. The second-order valence-electron chi connectivity index (χ2n) is 11.9. The Kier molecular flexibility index (Phi) is 12.6. The third-order valence-electron chi connectivity index (χ3n) is 7.89. The van der Waals surface area contributed by atoms with Crippen LogP contribution in [-0.4, -0.2) is 65.1 Å². The molecule has 0 radical (unpaired) electrons. The highest BCUT2D eigenvalue weighted by molar-refractivity contribution is 8.29. The zero-order chi connectivity index (χ0) is 40.4. The van der Waals surface area contributed by atoms with Crippen LogP contribution in [0.5, 0.6) is 0 Å². The largest absolute Gasteiger partial charge is 0.416 e. The first kappa shape index (κ1) is 41.4. The van der Waals surface area contributed by atoms with Gasteiger partial charge in [-0.15, -0.1) is 22.7 Å². The van der Waals surface area contributed by atoms with Crippen molar-refractivity contribution in [2.24, 2.45) is 0 Å². The Morgan fingerprint density at radius 1 is 0.661 bits per heavy atom. The van der Waals surface area contributed by atoms with Crippen LogP contribution in [0.3, 0.4) is 0 Å². The number of alkyl halides is 6. The SMILES string of the molecule is O=C(CCN1C(=O)C(=C2SC(=S)N(CCC(=O)Nc3ncc(Cc4cccc(C(F)(F)F)c4)s3)C2=O)SC1=S)Nc1ncc(Cc2cccc(C(F)(F)F)c2)s1. The fourth-order valence-electron chi connectivity index (χ4n) is 5.26. The maximum absolute atomic E-state index is 13.3. The first-order valence-corrected chi connectivity index (χ1v) is 20.2. The van der Waals surface area contributed by atoms with E-state index >= 15 is 0 Å². The zero-order valence-corrected chi connectivity index (χ0v) is 33.1. The van der Waals surface area contributed by atoms with E-state index in [1.165, 1.54) is 34.3 Å². The van der Waals surface area contributed by atoms with Crippen LogP contribution in [0, 0.1) is 0 Å². The topological polar surface area (TPSA) is 125 Å². The van der Waals surface area contributed by atoms with E-state index in [0.717, 1.165) is 70.5 Å². The Bertz CT molecular complexity index is 2120. The predicted octanol–water partition coefficient (Wildman–Crippen LogP) is 8.11. The molecule has 2 N–H and O–H groups in total. The molecule has 0 spiro atoms. The minimum Gasteiger partial charge on any atom is -0.302 e. The molecule has 2 aliphatic heterocycles. The monoisotopic (exact) mass is 886 g/mol. The fraction of sp³-hybridized carbons (Fsp3) is 0.235. The standard InChI is InChI=1S/C34H24F6N6O4S6/c35-33(36,37)19-5-1-3-17(11-19)13-21-15-41-29(53-21)43-23(47)7-9-45-27(49)25(55-31(45)51)26-28(50)46(32(52)56-26)10-8-24(48)44-30-42-16-22(54-30)14-18-4-2-6-20(12-18)34(38,39)40/h1-6,11-12,15-16H,7-10,13-14H2,(H,41,43,47)(H,42,44,48). The molecule has 2 fully saturated rings. The van der Waals surface area contributed by atoms with Crippen LogP contribution in [0.1, 0.15) is 44.8 Å². The van der Waals surface area contributed by atoms with Crippen molar-refractivity contribution in [1.82, 2.24) is 19.8 Å². The van der Waals surface area contributed by atoms with Gasteiger partial charge in [-0.25, -0.2) is 9.97 Å². The smallest absolute Gasteiger partial charge is 0.302 e. The molecule has 0 saturated carbocycles. The average Bonchev–Trinajstić information content (AvgIpc) is 3.89. The van der Waals surface area contributed by atoms with Gasteiger partial charge in [-0.2, -0.15) is 26.3 Å². The minimum absolute atomic E-state index is 0.0370. The number of carbonyl (C=O) groups excluding carboxylic acids is 4. The van der Waals surface area contributed by atoms with Crippen LogP contribution in [0.2, 0.25) is 0 Å². The number of nitrogens with zero attached hydrogens (tertiary/aromatic N) is 4. The molecule has 2 aromatic carbocycles. The quantitative estimate of drug-likeness (QED) is 0.0820. The molecular formula is C34H24F6N6O4S6. The van der Waals surface area contributed by atoms with Crippen LogP contribution in [-0.2, 0) is 44.4 Å². The summed E-state index contributed by atoms with van der Waals surface area (Å²) >= 11 is 14.7. The number of thioether (sulfide) groups is 2. The lowest BCUT2D eigenvalue weighted by molar-refractivity contribution is -0.138. The molecule has 4 heterocycles. The highest BCUT2D eigenvalue weighted by atomic mass is 32.2. The van der Waals surface area contributed by atoms with Crippen LogP contribution >= 0.6 is 70.6 Å². The number of hydrogen-bond acceptors (Lipinski definition) is 12. The van der Waals surface area contributed by atoms with Crippen molar-refractivity contribution < 1.29 is 45.5 Å². The number of aromatic nitrogens is 2. The van der Waals surface area contributed by atoms with Crippen molar-refractivity contribution in [3.8, 4) is 0 Å². The maximum atomic E-state index is 13.3. The zero-order valence-electron chi connectivity index (χ0n) is 28.2. The summed E-state index contributed by atoms with van der Waals surface area (Å²) in [6, 6.07) is 9.84. The highest BCUT2D eigenvalue weighted by Gasteiger charge is 2.42. The Labute approximate surface area is 341 Å². The molecule has 0 aliphatic carbocycles. The van der Waals surface area contributed by atoms with Gasteiger partial charge in [0, 0.05) is 60.9 Å². The lowest BCUT2D eigenvalue weighted by Crippen LogP contribution is -2.33. The van der Waals surface area contributed by atoms with Crippen molar-refractivity contribution in [3.63, 3.8) is 0 Å². The molecular weight excluding hydrogens is 863 g/mol. The normalized spacial score (nSPS) is 16.3. The summed E-state index contributed by atoms with van der Waals surface area (Å²) in [6.45, 7) is -0.220. The summed E-state index contributed by atoms with van der Waals surface area (Å²) in [7, 11) is 0. The third kappa shape index (κ3) is 10.2. The Morgan fingerprint density at radius 2 is 1.05 bits per heavy atom. The van der Waals surface area contributed by atoms with Crippen molar-refractivity contribution in [3.05, 3.63) is 103 Å². The summed E-state index contributed by atoms with van der Waals surface area (Å²) in [6.07, 6.45) is -6.03. The van der Waals surface area contributed by atoms with Crippen molar-refractivity contribution in [2.45, 2.75) is 38.0 Å². The molecule has 2 aromatic heterocycles. The van der Waals surface area contributed by atoms with Crippen LogP contribution < -0.4 is 10.6 Å². The summed E-state index contributed by atoms with van der Waals surface area (Å²) < 4.78 is 78.6. The van der Waals surface area contributed by atoms with Gasteiger partial charge in [0.05, 0.1) is 20.9 Å². The predicted molar refractivity (Wildman–Crippen MR) is 210 cm³/mol. The molecule has 0 bridgehead atoms. The number of thiocarbonyl (C=S) groups is 2. The lowest BCUT2D eigenvalue weighted by atomic mass is 10.1.